The molecule has 1 amide bonds. The summed E-state index contributed by atoms with van der Waals surface area (Å²) in [5.74, 6) is -0.489. The standard InChI is InChI=1S/C13H16BrNO5/c1-3-15-11(16)4-5-20-12-9(14)6-8(13(17)18)7-10(12)19-2/h6-7H,3-5H2,1-2H3,(H,15,16)(H,17,18). The maximum absolute atomic E-state index is 11.3. The number of halogens is 1. The van der Waals surface area contributed by atoms with Crippen molar-refractivity contribution in [1.29, 1.82) is 0 Å². The van der Waals surface area contributed by atoms with Gasteiger partial charge in [0.05, 0.1) is 30.2 Å². The highest BCUT2D eigenvalue weighted by Gasteiger charge is 2.15. The highest BCUT2D eigenvalue weighted by Crippen LogP contribution is 2.36. The minimum atomic E-state index is -1.06. The van der Waals surface area contributed by atoms with Gasteiger partial charge < -0.3 is 19.9 Å². The molecule has 0 saturated carbocycles. The Bertz CT molecular complexity index is 504. The number of benzene rings is 1. The van der Waals surface area contributed by atoms with Gasteiger partial charge in [-0.1, -0.05) is 0 Å². The van der Waals surface area contributed by atoms with E-state index in [0.717, 1.165) is 0 Å². The summed E-state index contributed by atoms with van der Waals surface area (Å²) in [6.07, 6.45) is 0.212. The number of aromatic carboxylic acids is 1. The fourth-order valence-electron chi connectivity index (χ4n) is 1.51. The van der Waals surface area contributed by atoms with Crippen LogP contribution in [-0.2, 0) is 4.79 Å². The summed E-state index contributed by atoms with van der Waals surface area (Å²) in [6.45, 7) is 2.58. The van der Waals surface area contributed by atoms with E-state index in [0.29, 0.717) is 22.5 Å². The number of nitrogens with one attached hydrogen (secondary N) is 1. The van der Waals surface area contributed by atoms with Crippen molar-refractivity contribution < 1.29 is 24.2 Å². The summed E-state index contributed by atoms with van der Waals surface area (Å²) < 4.78 is 11.1. The number of hydrogen-bond donors (Lipinski definition) is 2. The van der Waals surface area contributed by atoms with E-state index in [1.54, 1.807) is 0 Å². The van der Waals surface area contributed by atoms with Crippen molar-refractivity contribution in [3.8, 4) is 11.5 Å². The van der Waals surface area contributed by atoms with Crippen molar-refractivity contribution in [3.63, 3.8) is 0 Å². The van der Waals surface area contributed by atoms with Crippen molar-refractivity contribution in [2.75, 3.05) is 20.3 Å². The van der Waals surface area contributed by atoms with Crippen molar-refractivity contribution >= 4 is 27.8 Å². The Kier molecular flexibility index (Phi) is 6.30. The molecule has 0 aliphatic carbocycles. The molecule has 20 heavy (non-hydrogen) atoms. The number of ether oxygens (including phenoxy) is 2. The van der Waals surface area contributed by atoms with Crippen LogP contribution in [0.25, 0.3) is 0 Å². The first-order valence-electron chi connectivity index (χ1n) is 5.99. The number of rotatable bonds is 7. The van der Waals surface area contributed by atoms with Crippen LogP contribution in [0.4, 0.5) is 0 Å². The Balaban J connectivity index is 2.79. The summed E-state index contributed by atoms with van der Waals surface area (Å²) in [5.41, 5.74) is 0.0878. The number of carbonyl (C=O) groups is 2. The summed E-state index contributed by atoms with van der Waals surface area (Å²) in [6, 6.07) is 2.79. The average molecular weight is 346 g/mol. The lowest BCUT2D eigenvalue weighted by Gasteiger charge is -2.13. The average Bonchev–Trinajstić information content (AvgIpc) is 2.40. The number of carboxylic acids is 1. The number of carboxylic acid groups (broad SMARTS) is 1. The summed E-state index contributed by atoms with van der Waals surface area (Å²) in [7, 11) is 1.42. The summed E-state index contributed by atoms with van der Waals surface area (Å²) in [4.78, 5) is 22.2. The maximum Gasteiger partial charge on any atom is 0.335 e. The molecule has 0 unspecified atom stereocenters. The molecule has 0 aliphatic rings. The molecule has 0 bridgehead atoms. The quantitative estimate of drug-likeness (QED) is 0.790. The second-order valence-corrected chi connectivity index (χ2v) is 4.70. The molecule has 0 heterocycles. The van der Waals surface area contributed by atoms with E-state index in [4.69, 9.17) is 14.6 Å². The van der Waals surface area contributed by atoms with Crippen LogP contribution in [0.3, 0.4) is 0 Å². The summed E-state index contributed by atoms with van der Waals surface area (Å²) in [5, 5.41) is 11.6. The largest absolute Gasteiger partial charge is 0.493 e. The first kappa shape index (κ1) is 16.3. The van der Waals surface area contributed by atoms with Gasteiger partial charge in [-0.15, -0.1) is 0 Å². The second kappa shape index (κ2) is 7.74. The molecule has 0 aromatic heterocycles. The first-order chi connectivity index (χ1) is 9.49. The molecule has 7 heteroatoms. The lowest BCUT2D eigenvalue weighted by molar-refractivity contribution is -0.121. The smallest absolute Gasteiger partial charge is 0.335 e. The number of carbonyl (C=O) groups excluding carboxylic acids is 1. The number of methoxy groups -OCH3 is 1. The summed E-state index contributed by atoms with van der Waals surface area (Å²) >= 11 is 3.24. The molecule has 1 rings (SSSR count). The molecule has 1 aromatic carbocycles. The van der Waals surface area contributed by atoms with Crippen molar-refractivity contribution in [2.45, 2.75) is 13.3 Å². The third kappa shape index (κ3) is 4.41. The SMILES string of the molecule is CCNC(=O)CCOc1c(Br)cc(C(=O)O)cc1OC. The Morgan fingerprint density at radius 3 is 2.65 bits per heavy atom. The van der Waals surface area contributed by atoms with Crippen LogP contribution in [0.5, 0.6) is 11.5 Å². The van der Waals surface area contributed by atoms with Gasteiger partial charge in [0.15, 0.2) is 11.5 Å². The monoisotopic (exact) mass is 345 g/mol. The molecule has 1 aromatic rings. The van der Waals surface area contributed by atoms with E-state index in [9.17, 15) is 9.59 Å². The van der Waals surface area contributed by atoms with E-state index >= 15 is 0 Å². The topological polar surface area (TPSA) is 84.9 Å². The molecular weight excluding hydrogens is 330 g/mol. The van der Waals surface area contributed by atoms with Gasteiger partial charge in [-0.3, -0.25) is 4.79 Å². The molecule has 110 valence electrons. The molecule has 0 saturated heterocycles. The minimum absolute atomic E-state index is 0.0878. The van der Waals surface area contributed by atoms with Gasteiger partial charge in [0, 0.05) is 6.54 Å². The molecule has 0 atom stereocenters. The van der Waals surface area contributed by atoms with Crippen LogP contribution in [0, 0.1) is 0 Å². The number of hydrogen-bond acceptors (Lipinski definition) is 4. The Morgan fingerprint density at radius 1 is 1.40 bits per heavy atom. The van der Waals surface area contributed by atoms with Gasteiger partial charge in [0.2, 0.25) is 5.91 Å². The zero-order valence-corrected chi connectivity index (χ0v) is 12.8. The van der Waals surface area contributed by atoms with Crippen LogP contribution in [0.1, 0.15) is 23.7 Å². The van der Waals surface area contributed by atoms with Crippen LogP contribution in [-0.4, -0.2) is 37.2 Å². The third-order valence-electron chi connectivity index (χ3n) is 2.43. The van der Waals surface area contributed by atoms with Crippen LogP contribution in [0.2, 0.25) is 0 Å². The van der Waals surface area contributed by atoms with E-state index < -0.39 is 5.97 Å². The molecule has 0 spiro atoms. The van der Waals surface area contributed by atoms with Gasteiger partial charge in [-0.05, 0) is 35.0 Å². The van der Waals surface area contributed by atoms with Crippen LogP contribution < -0.4 is 14.8 Å². The van der Waals surface area contributed by atoms with Crippen molar-refractivity contribution in [3.05, 3.63) is 22.2 Å². The molecular formula is C13H16BrNO5. The van der Waals surface area contributed by atoms with E-state index in [1.807, 2.05) is 6.92 Å². The first-order valence-corrected chi connectivity index (χ1v) is 6.79. The normalized spacial score (nSPS) is 9.95. The van der Waals surface area contributed by atoms with Gasteiger partial charge in [0.1, 0.15) is 0 Å². The van der Waals surface area contributed by atoms with Crippen molar-refractivity contribution in [2.24, 2.45) is 0 Å². The number of amides is 1. The van der Waals surface area contributed by atoms with Crippen LogP contribution in [0.15, 0.2) is 16.6 Å². The van der Waals surface area contributed by atoms with Gasteiger partial charge in [-0.2, -0.15) is 0 Å². The zero-order chi connectivity index (χ0) is 15.1. The lowest BCUT2D eigenvalue weighted by Crippen LogP contribution is -2.24. The maximum atomic E-state index is 11.3. The second-order valence-electron chi connectivity index (χ2n) is 3.85. The van der Waals surface area contributed by atoms with Crippen LogP contribution >= 0.6 is 15.9 Å². The lowest BCUT2D eigenvalue weighted by atomic mass is 10.2. The third-order valence-corrected chi connectivity index (χ3v) is 3.01. The van der Waals surface area contributed by atoms with E-state index in [2.05, 4.69) is 21.2 Å². The predicted molar refractivity (Wildman–Crippen MR) is 76.4 cm³/mol. The predicted octanol–water partition coefficient (Wildman–Crippen LogP) is 2.06. The van der Waals surface area contributed by atoms with Gasteiger partial charge >= 0.3 is 5.97 Å². The van der Waals surface area contributed by atoms with Crippen molar-refractivity contribution in [1.82, 2.24) is 5.32 Å². The van der Waals surface area contributed by atoms with Gasteiger partial charge in [0.25, 0.3) is 0 Å². The molecule has 0 fully saturated rings. The molecule has 0 radical (unpaired) electrons. The Labute approximate surface area is 125 Å². The highest BCUT2D eigenvalue weighted by molar-refractivity contribution is 9.10. The fourth-order valence-corrected chi connectivity index (χ4v) is 2.07. The Hall–Kier alpha value is -1.76. The zero-order valence-electron chi connectivity index (χ0n) is 11.2. The molecule has 0 aliphatic heterocycles. The van der Waals surface area contributed by atoms with E-state index in [-0.39, 0.29) is 24.5 Å². The van der Waals surface area contributed by atoms with Gasteiger partial charge in [-0.25, -0.2) is 4.79 Å². The van der Waals surface area contributed by atoms with E-state index in [1.165, 1.54) is 19.2 Å². The Morgan fingerprint density at radius 2 is 2.10 bits per heavy atom. The fraction of sp³-hybridized carbons (Fsp3) is 0.385. The molecule has 2 N–H and O–H groups in total. The highest BCUT2D eigenvalue weighted by atomic mass is 79.9. The minimum Gasteiger partial charge on any atom is -0.493 e. The molecule has 6 nitrogen and oxygen atoms in total.